The van der Waals surface area contributed by atoms with Crippen molar-refractivity contribution < 1.29 is 9.66 Å². The number of nitrogens with one attached hydrogen (secondary N) is 1. The van der Waals surface area contributed by atoms with Gasteiger partial charge in [0.05, 0.1) is 12.0 Å². The van der Waals surface area contributed by atoms with Crippen molar-refractivity contribution in [2.45, 2.75) is 19.0 Å². The maximum absolute atomic E-state index is 11.0. The van der Waals surface area contributed by atoms with Crippen molar-refractivity contribution >= 4 is 18.1 Å². The first-order valence-corrected chi connectivity index (χ1v) is 8.16. The van der Waals surface area contributed by atoms with Crippen molar-refractivity contribution in [2.24, 2.45) is 0 Å². The molecule has 0 bridgehead atoms. The Kier molecular flexibility index (Phi) is 6.79. The van der Waals surface area contributed by atoms with E-state index in [1.165, 1.54) is 12.5 Å². The van der Waals surface area contributed by atoms with Gasteiger partial charge in [0.1, 0.15) is 5.75 Å². The van der Waals surface area contributed by atoms with Gasteiger partial charge in [0, 0.05) is 63.0 Å². The van der Waals surface area contributed by atoms with Crippen molar-refractivity contribution in [3.05, 3.63) is 33.9 Å². The number of rotatable bonds is 5. The molecule has 1 aromatic rings. The van der Waals surface area contributed by atoms with E-state index in [1.54, 1.807) is 19.2 Å². The largest absolute Gasteiger partial charge is 0.496 e. The van der Waals surface area contributed by atoms with Crippen LogP contribution in [-0.4, -0.2) is 67.1 Å². The third kappa shape index (κ3) is 4.36. The standard InChI is InChI=1S/C16H24N4O3.ClH/c1-23-16-3-2-14(20(21)22)10-13(16)12-18-6-8-19(9-7-18)15-4-5-17-11-15;/h2-3,10,15,17H,4-9,11-12H2,1H3;1H. The smallest absolute Gasteiger partial charge is 0.270 e. The molecule has 0 aliphatic carbocycles. The Balaban J connectivity index is 0.00000208. The summed E-state index contributed by atoms with van der Waals surface area (Å²) in [4.78, 5) is 15.5. The van der Waals surface area contributed by atoms with Crippen LogP contribution in [0.4, 0.5) is 5.69 Å². The minimum atomic E-state index is -0.353. The number of halogens is 1. The van der Waals surface area contributed by atoms with Crippen molar-refractivity contribution in [3.63, 3.8) is 0 Å². The first-order chi connectivity index (χ1) is 11.2. The highest BCUT2D eigenvalue weighted by atomic mass is 35.5. The molecule has 7 nitrogen and oxygen atoms in total. The normalized spacial score (nSPS) is 22.1. The fourth-order valence-corrected chi connectivity index (χ4v) is 3.48. The summed E-state index contributed by atoms with van der Waals surface area (Å²) in [6.45, 7) is 7.01. The second kappa shape index (κ2) is 8.62. The van der Waals surface area contributed by atoms with Gasteiger partial charge >= 0.3 is 0 Å². The van der Waals surface area contributed by atoms with E-state index in [-0.39, 0.29) is 23.0 Å². The van der Waals surface area contributed by atoms with Gasteiger partial charge < -0.3 is 10.1 Å². The fraction of sp³-hybridized carbons (Fsp3) is 0.625. The van der Waals surface area contributed by atoms with Crippen molar-refractivity contribution in [1.29, 1.82) is 0 Å². The zero-order valence-corrected chi connectivity index (χ0v) is 14.8. The molecule has 0 amide bonds. The van der Waals surface area contributed by atoms with Crippen LogP contribution in [0.2, 0.25) is 0 Å². The predicted molar refractivity (Wildman–Crippen MR) is 95.0 cm³/mol. The number of nitro benzene ring substituents is 1. The Morgan fingerprint density at radius 1 is 1.33 bits per heavy atom. The van der Waals surface area contributed by atoms with Gasteiger partial charge in [-0.05, 0) is 19.0 Å². The molecule has 0 spiro atoms. The molecule has 134 valence electrons. The first kappa shape index (κ1) is 18.9. The molecule has 0 radical (unpaired) electrons. The summed E-state index contributed by atoms with van der Waals surface area (Å²) in [7, 11) is 1.61. The molecule has 2 fully saturated rings. The number of piperazine rings is 1. The Bertz CT molecular complexity index is 558. The van der Waals surface area contributed by atoms with Crippen LogP contribution in [-0.2, 0) is 6.54 Å². The van der Waals surface area contributed by atoms with Gasteiger partial charge in [0.15, 0.2) is 0 Å². The number of hydrogen-bond donors (Lipinski definition) is 1. The minimum absolute atomic E-state index is 0. The van der Waals surface area contributed by atoms with Crippen LogP contribution in [0, 0.1) is 10.1 Å². The average molecular weight is 357 g/mol. The monoisotopic (exact) mass is 356 g/mol. The summed E-state index contributed by atoms with van der Waals surface area (Å²) >= 11 is 0. The number of benzene rings is 1. The third-order valence-corrected chi connectivity index (χ3v) is 4.83. The highest BCUT2D eigenvalue weighted by Crippen LogP contribution is 2.26. The van der Waals surface area contributed by atoms with Crippen LogP contribution in [0.3, 0.4) is 0 Å². The molecule has 2 aliphatic heterocycles. The SMILES string of the molecule is COc1ccc([N+](=O)[O-])cc1CN1CCN(C2CCNC2)CC1.Cl. The molecule has 2 heterocycles. The molecule has 1 unspecified atom stereocenters. The highest BCUT2D eigenvalue weighted by molar-refractivity contribution is 5.85. The second-order valence-electron chi connectivity index (χ2n) is 6.21. The number of methoxy groups -OCH3 is 1. The van der Waals surface area contributed by atoms with Gasteiger partial charge in [-0.25, -0.2) is 0 Å². The van der Waals surface area contributed by atoms with E-state index in [1.807, 2.05) is 0 Å². The average Bonchev–Trinajstić information content (AvgIpc) is 3.10. The number of nitro groups is 1. The van der Waals surface area contributed by atoms with Gasteiger partial charge in [-0.15, -0.1) is 12.4 Å². The second-order valence-corrected chi connectivity index (χ2v) is 6.21. The third-order valence-electron chi connectivity index (χ3n) is 4.83. The molecule has 0 aromatic heterocycles. The Hall–Kier alpha value is -1.41. The summed E-state index contributed by atoms with van der Waals surface area (Å²) in [5, 5.41) is 14.4. The quantitative estimate of drug-likeness (QED) is 0.637. The fourth-order valence-electron chi connectivity index (χ4n) is 3.48. The molecule has 1 N–H and O–H groups in total. The van der Waals surface area contributed by atoms with Crippen molar-refractivity contribution in [3.8, 4) is 5.75 Å². The molecule has 8 heteroatoms. The Morgan fingerprint density at radius 3 is 2.67 bits per heavy atom. The van der Waals surface area contributed by atoms with E-state index < -0.39 is 0 Å². The summed E-state index contributed by atoms with van der Waals surface area (Å²) in [6, 6.07) is 5.48. The topological polar surface area (TPSA) is 70.9 Å². The summed E-state index contributed by atoms with van der Waals surface area (Å²) in [5.41, 5.74) is 1.01. The van der Waals surface area contributed by atoms with Crippen LogP contribution < -0.4 is 10.1 Å². The molecular formula is C16H25ClN4O3. The van der Waals surface area contributed by atoms with Gasteiger partial charge in [0.25, 0.3) is 5.69 Å². The summed E-state index contributed by atoms with van der Waals surface area (Å²) in [6.07, 6.45) is 1.23. The molecule has 3 rings (SSSR count). The predicted octanol–water partition coefficient (Wildman–Crippen LogP) is 1.50. The van der Waals surface area contributed by atoms with E-state index in [4.69, 9.17) is 4.74 Å². The lowest BCUT2D eigenvalue weighted by molar-refractivity contribution is -0.385. The number of nitrogens with zero attached hydrogens (tertiary/aromatic N) is 3. The van der Waals surface area contributed by atoms with E-state index >= 15 is 0 Å². The lowest BCUT2D eigenvalue weighted by Crippen LogP contribution is -2.50. The first-order valence-electron chi connectivity index (χ1n) is 8.16. The maximum Gasteiger partial charge on any atom is 0.270 e. The molecule has 1 aromatic carbocycles. The molecule has 0 saturated carbocycles. The lowest BCUT2D eigenvalue weighted by Gasteiger charge is -2.37. The number of non-ortho nitro benzene ring substituents is 1. The minimum Gasteiger partial charge on any atom is -0.496 e. The maximum atomic E-state index is 11.0. The summed E-state index contributed by atoms with van der Waals surface area (Å²) < 4.78 is 5.36. The van der Waals surface area contributed by atoms with E-state index in [9.17, 15) is 10.1 Å². The summed E-state index contributed by atoms with van der Waals surface area (Å²) in [5.74, 6) is 0.720. The van der Waals surface area contributed by atoms with Crippen LogP contribution in [0.25, 0.3) is 0 Å². The molecule has 24 heavy (non-hydrogen) atoms. The lowest BCUT2D eigenvalue weighted by atomic mass is 10.1. The highest BCUT2D eigenvalue weighted by Gasteiger charge is 2.26. The van der Waals surface area contributed by atoms with Gasteiger partial charge in [-0.1, -0.05) is 0 Å². The van der Waals surface area contributed by atoms with Crippen LogP contribution in [0.1, 0.15) is 12.0 Å². The van der Waals surface area contributed by atoms with Gasteiger partial charge in [0.2, 0.25) is 0 Å². The van der Waals surface area contributed by atoms with Gasteiger partial charge in [-0.3, -0.25) is 19.9 Å². The van der Waals surface area contributed by atoms with Crippen molar-refractivity contribution in [2.75, 3.05) is 46.4 Å². The molecular weight excluding hydrogens is 332 g/mol. The van der Waals surface area contributed by atoms with Crippen LogP contribution in [0.5, 0.6) is 5.75 Å². The number of hydrogen-bond acceptors (Lipinski definition) is 6. The van der Waals surface area contributed by atoms with E-state index in [0.29, 0.717) is 12.6 Å². The number of ether oxygens (including phenoxy) is 1. The van der Waals surface area contributed by atoms with Gasteiger partial charge in [-0.2, -0.15) is 0 Å². The van der Waals surface area contributed by atoms with Crippen LogP contribution in [0.15, 0.2) is 18.2 Å². The zero-order valence-electron chi connectivity index (χ0n) is 13.9. The van der Waals surface area contributed by atoms with Crippen molar-refractivity contribution in [1.82, 2.24) is 15.1 Å². The van der Waals surface area contributed by atoms with E-state index in [0.717, 1.165) is 50.6 Å². The Morgan fingerprint density at radius 2 is 2.08 bits per heavy atom. The molecule has 1 atom stereocenters. The molecule has 2 aliphatic rings. The van der Waals surface area contributed by atoms with E-state index in [2.05, 4.69) is 15.1 Å². The Labute approximate surface area is 148 Å². The molecule has 2 saturated heterocycles. The zero-order chi connectivity index (χ0) is 16.2. The van der Waals surface area contributed by atoms with Crippen LogP contribution >= 0.6 is 12.4 Å².